The van der Waals surface area contributed by atoms with Gasteiger partial charge in [-0.25, -0.2) is 9.97 Å². The van der Waals surface area contributed by atoms with Crippen LogP contribution in [-0.2, 0) is 22.0 Å². The van der Waals surface area contributed by atoms with Crippen molar-refractivity contribution in [3.05, 3.63) is 17.1 Å². The molecule has 3 heterocycles. The van der Waals surface area contributed by atoms with Gasteiger partial charge in [0.05, 0.1) is 24.9 Å². The van der Waals surface area contributed by atoms with E-state index in [0.29, 0.717) is 6.04 Å². The first kappa shape index (κ1) is 15.7. The van der Waals surface area contributed by atoms with Crippen LogP contribution < -0.4 is 4.90 Å². The molecule has 1 unspecified atom stereocenters. The molecule has 1 saturated heterocycles. The van der Waals surface area contributed by atoms with Crippen LogP contribution in [-0.4, -0.2) is 35.8 Å². The number of fused-ring (bicyclic) bond motifs is 3. The van der Waals surface area contributed by atoms with Crippen molar-refractivity contribution in [3.8, 4) is 0 Å². The molecule has 0 radical (unpaired) electrons. The average Bonchev–Trinajstić information content (AvgIpc) is 2.44. The van der Waals surface area contributed by atoms with Gasteiger partial charge in [0, 0.05) is 22.9 Å². The van der Waals surface area contributed by atoms with Crippen molar-refractivity contribution >= 4 is 5.82 Å². The predicted molar refractivity (Wildman–Crippen MR) is 89.7 cm³/mol. The third-order valence-electron chi connectivity index (χ3n) is 4.59. The number of nitrogens with zero attached hydrogens (tertiary/aromatic N) is 3. The fourth-order valence-corrected chi connectivity index (χ4v) is 3.38. The first-order valence-corrected chi connectivity index (χ1v) is 8.44. The molecule has 0 amide bonds. The first-order valence-electron chi connectivity index (χ1n) is 8.44. The third-order valence-corrected chi connectivity index (χ3v) is 4.59. The van der Waals surface area contributed by atoms with Gasteiger partial charge in [-0.1, -0.05) is 41.5 Å². The van der Waals surface area contributed by atoms with Gasteiger partial charge in [-0.15, -0.1) is 0 Å². The molecule has 0 aromatic carbocycles. The summed E-state index contributed by atoms with van der Waals surface area (Å²) >= 11 is 0. The summed E-state index contributed by atoms with van der Waals surface area (Å²) in [7, 11) is 0. The quantitative estimate of drug-likeness (QED) is 0.737. The molecule has 22 heavy (non-hydrogen) atoms. The van der Waals surface area contributed by atoms with Crippen LogP contribution >= 0.6 is 0 Å². The molecule has 0 bridgehead atoms. The topological polar surface area (TPSA) is 38.3 Å². The standard InChI is InChI=1S/C18H29N3O/c1-17(2,3)14-13-8-7-12-11-22-10-9-21(12)15(13)20-16(19-14)18(4,5)6/h12H,7-11H2,1-6H3. The zero-order chi connectivity index (χ0) is 16.1. The molecule has 0 N–H and O–H groups in total. The molecule has 2 aliphatic heterocycles. The maximum atomic E-state index is 5.66. The highest BCUT2D eigenvalue weighted by atomic mass is 16.5. The van der Waals surface area contributed by atoms with Crippen LogP contribution in [0.15, 0.2) is 0 Å². The Morgan fingerprint density at radius 2 is 1.77 bits per heavy atom. The monoisotopic (exact) mass is 303 g/mol. The van der Waals surface area contributed by atoms with E-state index < -0.39 is 0 Å². The summed E-state index contributed by atoms with van der Waals surface area (Å²) < 4.78 is 5.66. The van der Waals surface area contributed by atoms with Gasteiger partial charge in [0.15, 0.2) is 0 Å². The van der Waals surface area contributed by atoms with Crippen LogP contribution in [0.4, 0.5) is 5.82 Å². The summed E-state index contributed by atoms with van der Waals surface area (Å²) in [5.74, 6) is 2.13. The van der Waals surface area contributed by atoms with Crippen LogP contribution in [0.5, 0.6) is 0 Å². The minimum absolute atomic E-state index is 0.0335. The summed E-state index contributed by atoms with van der Waals surface area (Å²) in [6.45, 7) is 15.9. The van der Waals surface area contributed by atoms with Crippen LogP contribution in [0, 0.1) is 0 Å². The Bertz CT molecular complexity index is 569. The molecule has 0 spiro atoms. The summed E-state index contributed by atoms with van der Waals surface area (Å²) in [5, 5.41) is 0. The van der Waals surface area contributed by atoms with Gasteiger partial charge in [0.25, 0.3) is 0 Å². The Morgan fingerprint density at radius 1 is 1.05 bits per heavy atom. The number of anilines is 1. The van der Waals surface area contributed by atoms with E-state index in [9.17, 15) is 0 Å². The van der Waals surface area contributed by atoms with Gasteiger partial charge in [0.2, 0.25) is 0 Å². The molecule has 4 nitrogen and oxygen atoms in total. The Labute approximate surface area is 134 Å². The van der Waals surface area contributed by atoms with Crippen molar-refractivity contribution < 1.29 is 4.74 Å². The van der Waals surface area contributed by atoms with Crippen molar-refractivity contribution in [2.24, 2.45) is 0 Å². The van der Waals surface area contributed by atoms with Crippen molar-refractivity contribution in [3.63, 3.8) is 0 Å². The molecule has 1 fully saturated rings. The van der Waals surface area contributed by atoms with Crippen LogP contribution in [0.3, 0.4) is 0 Å². The molecule has 122 valence electrons. The second-order valence-electron chi connectivity index (χ2n) is 8.66. The van der Waals surface area contributed by atoms with E-state index in [4.69, 9.17) is 14.7 Å². The first-order chi connectivity index (χ1) is 10.2. The summed E-state index contributed by atoms with van der Waals surface area (Å²) in [6.07, 6.45) is 2.21. The van der Waals surface area contributed by atoms with Crippen LogP contribution in [0.2, 0.25) is 0 Å². The lowest BCUT2D eigenvalue weighted by Gasteiger charge is -2.42. The lowest BCUT2D eigenvalue weighted by Crippen LogP contribution is -2.49. The zero-order valence-corrected chi connectivity index (χ0v) is 14.9. The second kappa shape index (κ2) is 5.19. The van der Waals surface area contributed by atoms with Crippen molar-refractivity contribution in [1.29, 1.82) is 0 Å². The molecule has 2 aliphatic rings. The largest absolute Gasteiger partial charge is 0.377 e. The maximum Gasteiger partial charge on any atom is 0.136 e. The fraction of sp³-hybridized carbons (Fsp3) is 0.778. The van der Waals surface area contributed by atoms with E-state index in [2.05, 4.69) is 46.4 Å². The van der Waals surface area contributed by atoms with Gasteiger partial charge in [0.1, 0.15) is 11.6 Å². The number of rotatable bonds is 0. The Hall–Kier alpha value is -1.16. The lowest BCUT2D eigenvalue weighted by atomic mass is 9.84. The van der Waals surface area contributed by atoms with E-state index in [1.165, 1.54) is 17.1 Å². The van der Waals surface area contributed by atoms with Crippen molar-refractivity contribution in [2.45, 2.75) is 71.3 Å². The molecular formula is C18H29N3O. The highest BCUT2D eigenvalue weighted by molar-refractivity contribution is 5.54. The van der Waals surface area contributed by atoms with E-state index in [1.807, 2.05) is 0 Å². The highest BCUT2D eigenvalue weighted by Gasteiger charge is 2.36. The molecule has 1 aromatic heterocycles. The normalized spacial score (nSPS) is 22.3. The second-order valence-corrected chi connectivity index (χ2v) is 8.66. The lowest BCUT2D eigenvalue weighted by molar-refractivity contribution is 0.0889. The Balaban J connectivity index is 2.17. The van der Waals surface area contributed by atoms with Crippen LogP contribution in [0.1, 0.15) is 65.0 Å². The number of hydrogen-bond acceptors (Lipinski definition) is 4. The van der Waals surface area contributed by atoms with E-state index >= 15 is 0 Å². The summed E-state index contributed by atoms with van der Waals surface area (Å²) in [5.41, 5.74) is 2.60. The molecule has 1 aromatic rings. The molecule has 4 heteroatoms. The molecule has 1 atom stereocenters. The third kappa shape index (κ3) is 2.73. The minimum atomic E-state index is -0.0335. The molecule has 0 aliphatic carbocycles. The van der Waals surface area contributed by atoms with Crippen LogP contribution in [0.25, 0.3) is 0 Å². The van der Waals surface area contributed by atoms with E-state index in [-0.39, 0.29) is 10.8 Å². The number of hydrogen-bond donors (Lipinski definition) is 0. The molecule has 0 saturated carbocycles. The smallest absolute Gasteiger partial charge is 0.136 e. The SMILES string of the molecule is CC(C)(C)c1nc2c(c(C(C)(C)C)n1)CCC1COCCN21. The number of morpholine rings is 1. The summed E-state index contributed by atoms with van der Waals surface area (Å²) in [4.78, 5) is 12.5. The Kier molecular flexibility index (Phi) is 3.71. The molecule has 3 rings (SSSR count). The predicted octanol–water partition coefficient (Wildman–Crippen LogP) is 3.22. The maximum absolute atomic E-state index is 5.66. The van der Waals surface area contributed by atoms with Crippen molar-refractivity contribution in [2.75, 3.05) is 24.7 Å². The van der Waals surface area contributed by atoms with Gasteiger partial charge in [-0.05, 0) is 12.8 Å². The Morgan fingerprint density at radius 3 is 2.41 bits per heavy atom. The van der Waals surface area contributed by atoms with E-state index in [1.54, 1.807) is 0 Å². The average molecular weight is 303 g/mol. The molecular weight excluding hydrogens is 274 g/mol. The van der Waals surface area contributed by atoms with Gasteiger partial charge in [-0.2, -0.15) is 0 Å². The number of aromatic nitrogens is 2. The highest BCUT2D eigenvalue weighted by Crippen LogP contribution is 2.38. The fourth-order valence-electron chi connectivity index (χ4n) is 3.38. The van der Waals surface area contributed by atoms with Gasteiger partial charge < -0.3 is 9.64 Å². The van der Waals surface area contributed by atoms with Gasteiger partial charge in [-0.3, -0.25) is 0 Å². The zero-order valence-electron chi connectivity index (χ0n) is 14.9. The van der Waals surface area contributed by atoms with E-state index in [0.717, 1.165) is 38.4 Å². The minimum Gasteiger partial charge on any atom is -0.377 e. The number of ether oxygens (including phenoxy) is 1. The summed E-state index contributed by atoms with van der Waals surface area (Å²) in [6, 6.07) is 0.483. The van der Waals surface area contributed by atoms with Gasteiger partial charge >= 0.3 is 0 Å². The van der Waals surface area contributed by atoms with Crippen molar-refractivity contribution in [1.82, 2.24) is 9.97 Å².